The second-order valence-corrected chi connectivity index (χ2v) is 11.5. The number of amides is 2. The van der Waals surface area contributed by atoms with Gasteiger partial charge in [0, 0.05) is 18.1 Å². The Labute approximate surface area is 241 Å². The first-order valence-electron chi connectivity index (χ1n) is 13.2. The average molecular weight is 586 g/mol. The Bertz CT molecular complexity index is 1370. The number of methoxy groups -OCH3 is 1. The van der Waals surface area contributed by atoms with Gasteiger partial charge < -0.3 is 15.0 Å². The standard InChI is InChI=1S/C30H36ClN3O5S/c1-4-6-19-32-30(36)28(5-2)33(21-23-11-10-12-26(20-23)39-3)29(35)22-34(25-17-15-24(31)16-18-25)40(37,38)27-13-8-7-9-14-27/h7-18,20,28H,4-6,19,21-22H2,1-3H3,(H,32,36). The van der Waals surface area contributed by atoms with Gasteiger partial charge in [0.25, 0.3) is 10.0 Å². The van der Waals surface area contributed by atoms with Crippen LogP contribution in [0.2, 0.25) is 5.02 Å². The maximum absolute atomic E-state index is 14.0. The van der Waals surface area contributed by atoms with Gasteiger partial charge in [0.15, 0.2) is 0 Å². The summed E-state index contributed by atoms with van der Waals surface area (Å²) in [6.45, 7) is 3.93. The number of hydrogen-bond acceptors (Lipinski definition) is 5. The summed E-state index contributed by atoms with van der Waals surface area (Å²) in [6.07, 6.45) is 2.07. The van der Waals surface area contributed by atoms with E-state index in [1.165, 1.54) is 17.0 Å². The number of carbonyl (C=O) groups excluding carboxylic acids is 2. The van der Waals surface area contributed by atoms with Crippen LogP contribution in [0.3, 0.4) is 0 Å². The van der Waals surface area contributed by atoms with Gasteiger partial charge in [0.1, 0.15) is 18.3 Å². The van der Waals surface area contributed by atoms with Crippen molar-refractivity contribution in [2.75, 3.05) is 24.5 Å². The van der Waals surface area contributed by atoms with Crippen LogP contribution in [0, 0.1) is 0 Å². The van der Waals surface area contributed by atoms with Crippen molar-refractivity contribution < 1.29 is 22.7 Å². The molecule has 2 amide bonds. The number of sulfonamides is 1. The number of halogens is 1. The Balaban J connectivity index is 2.02. The molecule has 0 fully saturated rings. The third-order valence-electron chi connectivity index (χ3n) is 6.43. The predicted molar refractivity (Wildman–Crippen MR) is 158 cm³/mol. The van der Waals surface area contributed by atoms with Gasteiger partial charge in [-0.25, -0.2) is 8.42 Å². The maximum Gasteiger partial charge on any atom is 0.264 e. The number of rotatable bonds is 14. The minimum Gasteiger partial charge on any atom is -0.497 e. The minimum absolute atomic E-state index is 0.0430. The van der Waals surface area contributed by atoms with Crippen molar-refractivity contribution in [2.24, 2.45) is 0 Å². The zero-order chi connectivity index (χ0) is 29.1. The Kier molecular flexibility index (Phi) is 11.4. The smallest absolute Gasteiger partial charge is 0.264 e. The lowest BCUT2D eigenvalue weighted by Gasteiger charge is -2.33. The van der Waals surface area contributed by atoms with Gasteiger partial charge in [-0.3, -0.25) is 13.9 Å². The number of benzene rings is 3. The average Bonchev–Trinajstić information content (AvgIpc) is 2.97. The molecule has 0 saturated carbocycles. The number of nitrogens with one attached hydrogen (secondary N) is 1. The molecule has 3 rings (SSSR count). The summed E-state index contributed by atoms with van der Waals surface area (Å²) in [4.78, 5) is 28.8. The van der Waals surface area contributed by atoms with Crippen molar-refractivity contribution in [3.63, 3.8) is 0 Å². The molecule has 1 N–H and O–H groups in total. The van der Waals surface area contributed by atoms with Crippen molar-refractivity contribution in [1.82, 2.24) is 10.2 Å². The normalized spacial score (nSPS) is 11.9. The second kappa shape index (κ2) is 14.7. The van der Waals surface area contributed by atoms with E-state index >= 15 is 0 Å². The van der Waals surface area contributed by atoms with E-state index < -0.39 is 28.5 Å². The fourth-order valence-corrected chi connectivity index (χ4v) is 5.81. The van der Waals surface area contributed by atoms with Gasteiger partial charge in [0.2, 0.25) is 11.8 Å². The highest BCUT2D eigenvalue weighted by Gasteiger charge is 2.33. The number of nitrogens with zero attached hydrogens (tertiary/aromatic N) is 2. The number of hydrogen-bond donors (Lipinski definition) is 1. The third kappa shape index (κ3) is 7.99. The lowest BCUT2D eigenvalue weighted by atomic mass is 10.1. The van der Waals surface area contributed by atoms with Crippen LogP contribution in [0.4, 0.5) is 5.69 Å². The SMILES string of the molecule is CCCCNC(=O)C(CC)N(Cc1cccc(OC)c1)C(=O)CN(c1ccc(Cl)cc1)S(=O)(=O)c1ccccc1. The number of ether oxygens (including phenoxy) is 1. The molecule has 10 heteroatoms. The lowest BCUT2D eigenvalue weighted by molar-refractivity contribution is -0.140. The number of anilines is 1. The highest BCUT2D eigenvalue weighted by atomic mass is 35.5. The van der Waals surface area contributed by atoms with Crippen LogP contribution in [-0.4, -0.2) is 51.4 Å². The Hall–Kier alpha value is -3.56. The molecule has 0 radical (unpaired) electrons. The van der Waals surface area contributed by atoms with Crippen molar-refractivity contribution in [3.8, 4) is 5.75 Å². The minimum atomic E-state index is -4.13. The Morgan fingerprint density at radius 1 is 0.975 bits per heavy atom. The van der Waals surface area contributed by atoms with Crippen molar-refractivity contribution in [1.29, 1.82) is 0 Å². The Morgan fingerprint density at radius 2 is 1.68 bits per heavy atom. The van der Waals surface area contributed by atoms with E-state index in [0.717, 1.165) is 22.7 Å². The molecule has 0 aromatic heterocycles. The molecule has 214 valence electrons. The number of unbranched alkanes of at least 4 members (excludes halogenated alkanes) is 1. The molecular formula is C30H36ClN3O5S. The summed E-state index contributed by atoms with van der Waals surface area (Å²) in [7, 11) is -2.58. The molecule has 8 nitrogen and oxygen atoms in total. The van der Waals surface area contributed by atoms with E-state index in [4.69, 9.17) is 16.3 Å². The molecule has 1 atom stereocenters. The van der Waals surface area contributed by atoms with Crippen molar-refractivity contribution in [3.05, 3.63) is 89.4 Å². The molecule has 0 bridgehead atoms. The van der Waals surface area contributed by atoms with E-state index in [0.29, 0.717) is 23.7 Å². The molecule has 0 heterocycles. The van der Waals surface area contributed by atoms with Crippen LogP contribution in [0.5, 0.6) is 5.75 Å². The van der Waals surface area contributed by atoms with Crippen LogP contribution in [0.1, 0.15) is 38.7 Å². The van der Waals surface area contributed by atoms with E-state index in [1.54, 1.807) is 67.8 Å². The molecular weight excluding hydrogens is 550 g/mol. The molecule has 3 aromatic carbocycles. The first-order chi connectivity index (χ1) is 19.2. The molecule has 0 aliphatic heterocycles. The molecule has 3 aromatic rings. The molecule has 0 aliphatic carbocycles. The zero-order valence-corrected chi connectivity index (χ0v) is 24.6. The van der Waals surface area contributed by atoms with Gasteiger partial charge in [0.05, 0.1) is 17.7 Å². The highest BCUT2D eigenvalue weighted by Crippen LogP contribution is 2.26. The summed E-state index contributed by atoms with van der Waals surface area (Å²) in [5.41, 5.74) is 1.03. The van der Waals surface area contributed by atoms with Crippen LogP contribution < -0.4 is 14.4 Å². The van der Waals surface area contributed by atoms with E-state index in [-0.39, 0.29) is 23.0 Å². The molecule has 1 unspecified atom stereocenters. The van der Waals surface area contributed by atoms with Crippen LogP contribution in [0.25, 0.3) is 0 Å². The van der Waals surface area contributed by atoms with Gasteiger partial charge in [-0.15, -0.1) is 0 Å². The van der Waals surface area contributed by atoms with Gasteiger partial charge >= 0.3 is 0 Å². The molecule has 40 heavy (non-hydrogen) atoms. The first kappa shape index (κ1) is 31.0. The van der Waals surface area contributed by atoms with E-state index in [9.17, 15) is 18.0 Å². The van der Waals surface area contributed by atoms with Crippen molar-refractivity contribution >= 4 is 39.1 Å². The largest absolute Gasteiger partial charge is 0.497 e. The summed E-state index contributed by atoms with van der Waals surface area (Å²) in [5, 5.41) is 3.35. The molecule has 0 saturated heterocycles. The molecule has 0 spiro atoms. The number of carbonyl (C=O) groups is 2. The lowest BCUT2D eigenvalue weighted by Crippen LogP contribution is -2.52. The van der Waals surface area contributed by atoms with Crippen molar-refractivity contribution in [2.45, 2.75) is 50.6 Å². The van der Waals surface area contributed by atoms with Crippen LogP contribution in [-0.2, 0) is 26.2 Å². The van der Waals surface area contributed by atoms with E-state index in [2.05, 4.69) is 5.32 Å². The Morgan fingerprint density at radius 3 is 2.30 bits per heavy atom. The summed E-state index contributed by atoms with van der Waals surface area (Å²) in [6, 6.07) is 20.6. The second-order valence-electron chi connectivity index (χ2n) is 9.24. The van der Waals surface area contributed by atoms with Crippen LogP contribution in [0.15, 0.2) is 83.8 Å². The fourth-order valence-electron chi connectivity index (χ4n) is 4.25. The van der Waals surface area contributed by atoms with E-state index in [1.807, 2.05) is 19.9 Å². The van der Waals surface area contributed by atoms with Gasteiger partial charge in [-0.05, 0) is 66.9 Å². The summed E-state index contributed by atoms with van der Waals surface area (Å²) >= 11 is 6.07. The maximum atomic E-state index is 14.0. The third-order valence-corrected chi connectivity index (χ3v) is 8.47. The summed E-state index contributed by atoms with van der Waals surface area (Å²) in [5.74, 6) is -0.189. The van der Waals surface area contributed by atoms with Gasteiger partial charge in [-0.1, -0.05) is 62.2 Å². The molecule has 0 aliphatic rings. The fraction of sp³-hybridized carbons (Fsp3) is 0.333. The quantitative estimate of drug-likeness (QED) is 0.260. The monoisotopic (exact) mass is 585 g/mol. The summed E-state index contributed by atoms with van der Waals surface area (Å²) < 4.78 is 34.0. The predicted octanol–water partition coefficient (Wildman–Crippen LogP) is 5.27. The zero-order valence-electron chi connectivity index (χ0n) is 23.0. The highest BCUT2D eigenvalue weighted by molar-refractivity contribution is 7.92. The topological polar surface area (TPSA) is 96.0 Å². The van der Waals surface area contributed by atoms with Gasteiger partial charge in [-0.2, -0.15) is 0 Å². The first-order valence-corrected chi connectivity index (χ1v) is 15.1. The van der Waals surface area contributed by atoms with Crippen LogP contribution >= 0.6 is 11.6 Å².